The number of aliphatic imine (C=N–C) groups is 1. The van der Waals surface area contributed by atoms with E-state index in [0.29, 0.717) is 13.1 Å². The smallest absolute Gasteiger partial charge is 0.0573 e. The van der Waals surface area contributed by atoms with Crippen molar-refractivity contribution in [3.05, 3.63) is 36.5 Å². The van der Waals surface area contributed by atoms with E-state index in [2.05, 4.69) is 31.5 Å². The third-order valence-corrected chi connectivity index (χ3v) is 2.48. The second-order valence-corrected chi connectivity index (χ2v) is 4.59. The Morgan fingerprint density at radius 2 is 2.12 bits per heavy atom. The molecule has 17 heavy (non-hydrogen) atoms. The third kappa shape index (κ3) is 9.76. The summed E-state index contributed by atoms with van der Waals surface area (Å²) >= 11 is 0. The second kappa shape index (κ2) is 10.0. The van der Waals surface area contributed by atoms with Gasteiger partial charge in [0.15, 0.2) is 0 Å². The van der Waals surface area contributed by atoms with Crippen molar-refractivity contribution in [2.75, 3.05) is 13.1 Å². The molecule has 2 nitrogen and oxygen atoms in total. The van der Waals surface area contributed by atoms with Gasteiger partial charge in [-0.1, -0.05) is 44.7 Å². The maximum absolute atomic E-state index is 5.44. The van der Waals surface area contributed by atoms with E-state index in [-0.39, 0.29) is 0 Å². The van der Waals surface area contributed by atoms with E-state index in [4.69, 9.17) is 5.73 Å². The molecule has 0 aliphatic heterocycles. The number of nitrogens with zero attached hydrogens (tertiary/aromatic N) is 1. The first-order chi connectivity index (χ1) is 8.10. The Hall–Kier alpha value is -1.15. The van der Waals surface area contributed by atoms with Crippen LogP contribution in [-0.2, 0) is 0 Å². The molecular formula is C15H26N2. The van der Waals surface area contributed by atoms with Gasteiger partial charge in [0, 0.05) is 12.3 Å². The minimum atomic E-state index is 0.538. The molecule has 0 aromatic rings. The van der Waals surface area contributed by atoms with Crippen molar-refractivity contribution < 1.29 is 0 Å². The number of rotatable bonds is 8. The van der Waals surface area contributed by atoms with Crippen LogP contribution in [0.4, 0.5) is 0 Å². The summed E-state index contributed by atoms with van der Waals surface area (Å²) in [7, 11) is 0. The number of hydrogen-bond acceptors (Lipinski definition) is 2. The zero-order chi connectivity index (χ0) is 13.1. The Bertz CT molecular complexity index is 296. The first kappa shape index (κ1) is 15.9. The highest BCUT2D eigenvalue weighted by atomic mass is 14.7. The molecule has 0 bridgehead atoms. The lowest BCUT2D eigenvalue weighted by Crippen LogP contribution is -2.09. The van der Waals surface area contributed by atoms with E-state index < -0.39 is 0 Å². The molecular weight excluding hydrogens is 208 g/mol. The molecule has 0 rings (SSSR count). The van der Waals surface area contributed by atoms with Crippen LogP contribution in [0.2, 0.25) is 0 Å². The van der Waals surface area contributed by atoms with Crippen LogP contribution >= 0.6 is 0 Å². The fourth-order valence-electron chi connectivity index (χ4n) is 1.23. The molecule has 0 spiro atoms. The van der Waals surface area contributed by atoms with Crippen molar-refractivity contribution in [2.24, 2.45) is 16.6 Å². The van der Waals surface area contributed by atoms with Crippen LogP contribution < -0.4 is 5.73 Å². The van der Waals surface area contributed by atoms with Crippen molar-refractivity contribution >= 4 is 5.71 Å². The Kier molecular flexibility index (Phi) is 9.35. The summed E-state index contributed by atoms with van der Waals surface area (Å²) in [6, 6.07) is 0. The van der Waals surface area contributed by atoms with Gasteiger partial charge in [0.1, 0.15) is 0 Å². The standard InChI is InChI=1S/C15H26N2/c1-5-15(10-9-13(2)3)8-6-7-11-17-14(4)12-16/h5-8,13H,1,9-12,16H2,2-4H3/b7-6+,15-8+,17-14?. The molecule has 0 saturated carbocycles. The summed E-state index contributed by atoms with van der Waals surface area (Å²) in [6.07, 6.45) is 10.4. The Labute approximate surface area is 106 Å². The van der Waals surface area contributed by atoms with Gasteiger partial charge >= 0.3 is 0 Å². The molecule has 0 atom stereocenters. The minimum absolute atomic E-state index is 0.538. The summed E-state index contributed by atoms with van der Waals surface area (Å²) in [5, 5.41) is 0. The predicted octanol–water partition coefficient (Wildman–Crippen LogP) is 3.51. The van der Waals surface area contributed by atoms with Crippen LogP contribution in [0.1, 0.15) is 33.6 Å². The van der Waals surface area contributed by atoms with E-state index in [1.54, 1.807) is 0 Å². The number of allylic oxidation sites excluding steroid dienone is 4. The number of nitrogens with two attached hydrogens (primary N) is 1. The quantitative estimate of drug-likeness (QED) is 0.506. The number of hydrogen-bond donors (Lipinski definition) is 1. The van der Waals surface area contributed by atoms with Gasteiger partial charge in [0.05, 0.1) is 6.54 Å². The van der Waals surface area contributed by atoms with Gasteiger partial charge in [-0.05, 0) is 31.3 Å². The van der Waals surface area contributed by atoms with Crippen molar-refractivity contribution in [3.63, 3.8) is 0 Å². The average Bonchev–Trinajstić information content (AvgIpc) is 2.31. The summed E-state index contributed by atoms with van der Waals surface area (Å²) in [4.78, 5) is 4.29. The Balaban J connectivity index is 4.08. The molecule has 0 fully saturated rings. The molecule has 0 aliphatic rings. The van der Waals surface area contributed by atoms with Crippen LogP contribution in [0.3, 0.4) is 0 Å². The van der Waals surface area contributed by atoms with E-state index in [1.807, 2.05) is 25.2 Å². The van der Waals surface area contributed by atoms with Gasteiger partial charge in [-0.2, -0.15) is 0 Å². The van der Waals surface area contributed by atoms with Crippen LogP contribution in [0.5, 0.6) is 0 Å². The summed E-state index contributed by atoms with van der Waals surface area (Å²) in [6.45, 7) is 11.5. The third-order valence-electron chi connectivity index (χ3n) is 2.48. The van der Waals surface area contributed by atoms with Gasteiger partial charge in [-0.3, -0.25) is 4.99 Å². The van der Waals surface area contributed by atoms with Crippen molar-refractivity contribution in [1.29, 1.82) is 0 Å². The zero-order valence-electron chi connectivity index (χ0n) is 11.4. The van der Waals surface area contributed by atoms with Crippen molar-refractivity contribution in [1.82, 2.24) is 0 Å². The molecule has 0 unspecified atom stereocenters. The van der Waals surface area contributed by atoms with Crippen LogP contribution in [-0.4, -0.2) is 18.8 Å². The van der Waals surface area contributed by atoms with Gasteiger partial charge in [0.2, 0.25) is 0 Å². The lowest BCUT2D eigenvalue weighted by Gasteiger charge is -2.04. The molecule has 0 aliphatic carbocycles. The maximum atomic E-state index is 5.44. The average molecular weight is 234 g/mol. The highest BCUT2D eigenvalue weighted by Crippen LogP contribution is 2.12. The topological polar surface area (TPSA) is 38.4 Å². The van der Waals surface area contributed by atoms with E-state index in [1.165, 1.54) is 12.0 Å². The summed E-state index contributed by atoms with van der Waals surface area (Å²) in [5.41, 5.74) is 7.72. The normalized spacial score (nSPS) is 13.7. The highest BCUT2D eigenvalue weighted by Gasteiger charge is 1.95. The van der Waals surface area contributed by atoms with E-state index in [0.717, 1.165) is 18.1 Å². The Morgan fingerprint density at radius 1 is 1.41 bits per heavy atom. The molecule has 0 heterocycles. The van der Waals surface area contributed by atoms with Gasteiger partial charge in [0.25, 0.3) is 0 Å². The van der Waals surface area contributed by atoms with Gasteiger partial charge in [-0.25, -0.2) is 0 Å². The fourth-order valence-corrected chi connectivity index (χ4v) is 1.23. The maximum Gasteiger partial charge on any atom is 0.0573 e. The van der Waals surface area contributed by atoms with Crippen molar-refractivity contribution in [3.8, 4) is 0 Å². The summed E-state index contributed by atoms with van der Waals surface area (Å²) < 4.78 is 0. The van der Waals surface area contributed by atoms with Gasteiger partial charge < -0.3 is 5.73 Å². The van der Waals surface area contributed by atoms with E-state index in [9.17, 15) is 0 Å². The minimum Gasteiger partial charge on any atom is -0.326 e. The first-order valence-corrected chi connectivity index (χ1v) is 6.28. The highest BCUT2D eigenvalue weighted by molar-refractivity contribution is 5.83. The molecule has 0 amide bonds. The Morgan fingerprint density at radius 3 is 2.65 bits per heavy atom. The summed E-state index contributed by atoms with van der Waals surface area (Å²) in [5.74, 6) is 0.735. The lowest BCUT2D eigenvalue weighted by molar-refractivity contribution is 0.588. The first-order valence-electron chi connectivity index (χ1n) is 6.28. The molecule has 0 aromatic carbocycles. The zero-order valence-corrected chi connectivity index (χ0v) is 11.4. The molecule has 0 radical (unpaired) electrons. The van der Waals surface area contributed by atoms with E-state index >= 15 is 0 Å². The van der Waals surface area contributed by atoms with Crippen LogP contribution in [0.15, 0.2) is 41.4 Å². The van der Waals surface area contributed by atoms with Crippen LogP contribution in [0.25, 0.3) is 0 Å². The monoisotopic (exact) mass is 234 g/mol. The molecule has 0 aromatic heterocycles. The SMILES string of the molecule is C=C/C(=C\C=C\CN=C(C)CN)CCC(C)C. The predicted molar refractivity (Wildman–Crippen MR) is 78.5 cm³/mol. The molecule has 96 valence electrons. The lowest BCUT2D eigenvalue weighted by atomic mass is 10.0. The fraction of sp³-hybridized carbons (Fsp3) is 0.533. The second-order valence-electron chi connectivity index (χ2n) is 4.59. The largest absolute Gasteiger partial charge is 0.326 e. The molecule has 2 N–H and O–H groups in total. The van der Waals surface area contributed by atoms with Crippen molar-refractivity contribution in [2.45, 2.75) is 33.6 Å². The van der Waals surface area contributed by atoms with Gasteiger partial charge in [-0.15, -0.1) is 0 Å². The molecule has 0 saturated heterocycles. The molecule has 2 heteroatoms. The van der Waals surface area contributed by atoms with Crippen LogP contribution in [0, 0.1) is 5.92 Å².